The van der Waals surface area contributed by atoms with Gasteiger partial charge in [0.15, 0.2) is 5.58 Å². The number of furan rings is 1. The first-order chi connectivity index (χ1) is 14.0. The number of ether oxygens (including phenoxy) is 1. The van der Waals surface area contributed by atoms with Crippen molar-refractivity contribution in [2.24, 2.45) is 0 Å². The third kappa shape index (κ3) is 3.56. The third-order valence-corrected chi connectivity index (χ3v) is 4.55. The molecule has 29 heavy (non-hydrogen) atoms. The van der Waals surface area contributed by atoms with Gasteiger partial charge in [-0.3, -0.25) is 10.1 Å². The van der Waals surface area contributed by atoms with Gasteiger partial charge in [-0.1, -0.05) is 25.5 Å². The van der Waals surface area contributed by atoms with Crippen LogP contribution in [0, 0.1) is 15.9 Å². The molecular formula is C21H16FNO6. The summed E-state index contributed by atoms with van der Waals surface area (Å²) in [7, 11) is 0. The van der Waals surface area contributed by atoms with E-state index in [-0.39, 0.29) is 23.6 Å². The first-order valence-electron chi connectivity index (χ1n) is 9.01. The minimum atomic E-state index is -0.654. The van der Waals surface area contributed by atoms with Gasteiger partial charge in [-0.2, -0.15) is 0 Å². The van der Waals surface area contributed by atoms with Crippen molar-refractivity contribution in [1.29, 1.82) is 0 Å². The molecule has 0 aliphatic carbocycles. The van der Waals surface area contributed by atoms with Crippen LogP contribution in [0.3, 0.4) is 0 Å². The molecule has 0 aliphatic heterocycles. The number of rotatable bonds is 6. The van der Waals surface area contributed by atoms with Crippen LogP contribution in [-0.4, -0.2) is 4.92 Å². The normalized spacial score (nSPS) is 11.2. The van der Waals surface area contributed by atoms with Gasteiger partial charge >= 0.3 is 11.5 Å². The quantitative estimate of drug-likeness (QED) is 0.255. The molecule has 0 aliphatic rings. The molecule has 0 N–H and O–H groups in total. The molecule has 2 aromatic heterocycles. The molecule has 0 amide bonds. The maximum absolute atomic E-state index is 13.1. The van der Waals surface area contributed by atoms with Gasteiger partial charge in [0.05, 0.1) is 16.8 Å². The summed E-state index contributed by atoms with van der Waals surface area (Å²) in [5, 5.41) is 12.0. The van der Waals surface area contributed by atoms with Crippen LogP contribution < -0.4 is 10.4 Å². The van der Waals surface area contributed by atoms with E-state index in [1.54, 1.807) is 18.2 Å². The summed E-state index contributed by atoms with van der Waals surface area (Å²) in [6.07, 6.45) is 1.37. The second-order valence-corrected chi connectivity index (χ2v) is 6.59. The molecule has 0 spiro atoms. The van der Waals surface area contributed by atoms with Gasteiger partial charge in [0, 0.05) is 12.1 Å². The lowest BCUT2D eigenvalue weighted by Crippen LogP contribution is -2.03. The van der Waals surface area contributed by atoms with Gasteiger partial charge in [0.1, 0.15) is 28.7 Å². The maximum atomic E-state index is 13.1. The molecular weight excluding hydrogens is 381 g/mol. The zero-order valence-corrected chi connectivity index (χ0v) is 15.4. The monoisotopic (exact) mass is 397 g/mol. The van der Waals surface area contributed by atoms with Gasteiger partial charge in [-0.05, 0) is 29.7 Å². The molecule has 0 atom stereocenters. The van der Waals surface area contributed by atoms with Gasteiger partial charge in [0.25, 0.3) is 0 Å². The summed E-state index contributed by atoms with van der Waals surface area (Å²) in [6.45, 7) is 2.11. The third-order valence-electron chi connectivity index (χ3n) is 4.55. The van der Waals surface area contributed by atoms with Crippen molar-refractivity contribution < 1.29 is 22.9 Å². The minimum absolute atomic E-state index is 0.133. The van der Waals surface area contributed by atoms with E-state index < -0.39 is 16.4 Å². The number of nitrogens with zero attached hydrogens (tertiary/aromatic N) is 1. The average molecular weight is 397 g/mol. The molecule has 8 heteroatoms. The highest BCUT2D eigenvalue weighted by Gasteiger charge is 2.22. The lowest BCUT2D eigenvalue weighted by molar-refractivity contribution is -0.401. The van der Waals surface area contributed by atoms with E-state index in [2.05, 4.69) is 0 Å². The Hall–Kier alpha value is -3.68. The van der Waals surface area contributed by atoms with Crippen LogP contribution in [0.4, 0.5) is 10.3 Å². The Bertz CT molecular complexity index is 1270. The predicted octanol–water partition coefficient (Wildman–Crippen LogP) is 5.12. The number of benzene rings is 2. The molecule has 4 aromatic rings. The van der Waals surface area contributed by atoms with Crippen LogP contribution in [0.15, 0.2) is 56.1 Å². The zero-order chi connectivity index (χ0) is 20.5. The minimum Gasteiger partial charge on any atom is -0.488 e. The Morgan fingerprint density at radius 1 is 1.14 bits per heavy atom. The summed E-state index contributed by atoms with van der Waals surface area (Å²) < 4.78 is 29.8. The molecule has 4 rings (SSSR count). The van der Waals surface area contributed by atoms with E-state index in [0.717, 1.165) is 17.5 Å². The van der Waals surface area contributed by atoms with Crippen LogP contribution in [0.5, 0.6) is 5.75 Å². The molecule has 0 saturated carbocycles. The predicted molar refractivity (Wildman–Crippen MR) is 104 cm³/mol. The first kappa shape index (κ1) is 18.7. The van der Waals surface area contributed by atoms with Crippen molar-refractivity contribution in [2.75, 3.05) is 0 Å². The van der Waals surface area contributed by atoms with Crippen LogP contribution in [0.25, 0.3) is 21.9 Å². The topological polar surface area (TPSA) is 95.7 Å². The largest absolute Gasteiger partial charge is 0.488 e. The summed E-state index contributed by atoms with van der Waals surface area (Å²) >= 11 is 0. The highest BCUT2D eigenvalue weighted by atomic mass is 19.1. The van der Waals surface area contributed by atoms with Crippen molar-refractivity contribution >= 4 is 27.8 Å². The summed E-state index contributed by atoms with van der Waals surface area (Å²) in [5.41, 5.74) is 1.26. The molecule has 0 radical (unpaired) electrons. The van der Waals surface area contributed by atoms with Gasteiger partial charge < -0.3 is 13.6 Å². The lowest BCUT2D eigenvalue weighted by atomic mass is 10.0. The zero-order valence-electron chi connectivity index (χ0n) is 15.4. The van der Waals surface area contributed by atoms with Crippen molar-refractivity contribution in [3.05, 3.63) is 79.9 Å². The van der Waals surface area contributed by atoms with Gasteiger partial charge in [-0.25, -0.2) is 9.18 Å². The molecule has 7 nitrogen and oxygen atoms in total. The van der Waals surface area contributed by atoms with Crippen LogP contribution in [-0.2, 0) is 13.0 Å². The fourth-order valence-electron chi connectivity index (χ4n) is 3.28. The van der Waals surface area contributed by atoms with Crippen LogP contribution in [0.2, 0.25) is 0 Å². The van der Waals surface area contributed by atoms with E-state index >= 15 is 0 Å². The molecule has 0 saturated heterocycles. The molecule has 2 aromatic carbocycles. The lowest BCUT2D eigenvalue weighted by Gasteiger charge is -2.12. The van der Waals surface area contributed by atoms with Crippen molar-refractivity contribution in [1.82, 2.24) is 0 Å². The Balaban J connectivity index is 1.90. The molecule has 0 unspecified atom stereocenters. The SMILES string of the molecule is CCCc1cc(=O)oc2c1c(OCc1ccc(F)cc1)cc1oc([N+](=O)[O-])cc12. The number of nitro groups is 1. The summed E-state index contributed by atoms with van der Waals surface area (Å²) in [5.74, 6) is -0.440. The number of hydrogen-bond donors (Lipinski definition) is 0. The molecule has 0 bridgehead atoms. The maximum Gasteiger partial charge on any atom is 0.434 e. The van der Waals surface area contributed by atoms with E-state index in [9.17, 15) is 19.3 Å². The Labute approximate surface area is 163 Å². The van der Waals surface area contributed by atoms with E-state index in [1.165, 1.54) is 24.3 Å². The number of aryl methyl sites for hydroxylation is 1. The smallest absolute Gasteiger partial charge is 0.434 e. The highest BCUT2D eigenvalue weighted by Crippen LogP contribution is 2.38. The Morgan fingerprint density at radius 2 is 1.90 bits per heavy atom. The first-order valence-corrected chi connectivity index (χ1v) is 9.01. The van der Waals surface area contributed by atoms with Crippen LogP contribution >= 0.6 is 0 Å². The second-order valence-electron chi connectivity index (χ2n) is 6.59. The molecule has 2 heterocycles. The van der Waals surface area contributed by atoms with E-state index in [0.29, 0.717) is 22.9 Å². The summed E-state index contributed by atoms with van der Waals surface area (Å²) in [6, 6.07) is 10.0. The second kappa shape index (κ2) is 7.38. The molecule has 148 valence electrons. The van der Waals surface area contributed by atoms with Crippen molar-refractivity contribution in [3.63, 3.8) is 0 Å². The Morgan fingerprint density at radius 3 is 2.59 bits per heavy atom. The van der Waals surface area contributed by atoms with Gasteiger partial charge in [-0.15, -0.1) is 0 Å². The average Bonchev–Trinajstić information content (AvgIpc) is 3.12. The standard InChI is InChI=1S/C21H16FNO6/c1-2-3-13-8-19(24)29-21-15-9-18(23(25)26)28-16(15)10-17(20(13)21)27-11-12-4-6-14(22)7-5-12/h4-10H,2-3,11H2,1H3. The fourth-order valence-corrected chi connectivity index (χ4v) is 3.28. The van der Waals surface area contributed by atoms with Crippen LogP contribution in [0.1, 0.15) is 24.5 Å². The fraction of sp³-hybridized carbons (Fsp3) is 0.190. The van der Waals surface area contributed by atoms with Crippen molar-refractivity contribution in [3.8, 4) is 5.75 Å². The van der Waals surface area contributed by atoms with Gasteiger partial charge in [0.2, 0.25) is 0 Å². The molecule has 0 fully saturated rings. The Kier molecular flexibility index (Phi) is 4.75. The van der Waals surface area contributed by atoms with E-state index in [4.69, 9.17) is 13.6 Å². The number of halogens is 1. The summed E-state index contributed by atoms with van der Waals surface area (Å²) in [4.78, 5) is 22.5. The van der Waals surface area contributed by atoms with E-state index in [1.807, 2.05) is 6.92 Å². The number of hydrogen-bond acceptors (Lipinski definition) is 6. The highest BCUT2D eigenvalue weighted by molar-refractivity contribution is 6.07. The van der Waals surface area contributed by atoms with Crippen molar-refractivity contribution in [2.45, 2.75) is 26.4 Å². The number of fused-ring (bicyclic) bond motifs is 3.